The van der Waals surface area contributed by atoms with E-state index in [4.69, 9.17) is 0 Å². The molecule has 2 saturated heterocycles. The Morgan fingerprint density at radius 2 is 1.12 bits per heavy atom. The van der Waals surface area contributed by atoms with E-state index in [0.29, 0.717) is 12.8 Å². The van der Waals surface area contributed by atoms with E-state index < -0.39 is 40.9 Å². The molecule has 17 heavy (non-hydrogen) atoms. The molecule has 0 aromatic carbocycles. The van der Waals surface area contributed by atoms with Crippen LogP contribution in [0.1, 0.15) is 26.7 Å². The van der Waals surface area contributed by atoms with Gasteiger partial charge in [-0.15, -0.1) is 0 Å². The van der Waals surface area contributed by atoms with Gasteiger partial charge in [0.1, 0.15) is 11.8 Å². The van der Waals surface area contributed by atoms with Gasteiger partial charge in [-0.05, 0) is 12.8 Å². The molecule has 0 atom stereocenters. The van der Waals surface area contributed by atoms with Crippen molar-refractivity contribution >= 4 is 23.6 Å². The minimum Gasteiger partial charge on any atom is -0.295 e. The topological polar surface area (TPSA) is 92.3 Å². The molecule has 0 radical (unpaired) electrons. The van der Waals surface area contributed by atoms with Gasteiger partial charge in [0.15, 0.2) is 0 Å². The third kappa shape index (κ3) is 1.33. The summed E-state index contributed by atoms with van der Waals surface area (Å²) in [6.07, 6.45) is 0.883. The predicted octanol–water partition coefficient (Wildman–Crippen LogP) is -0.662. The number of fused-ring (bicyclic) bond motifs is 2. The second-order valence-corrected chi connectivity index (χ2v) is 4.51. The van der Waals surface area contributed by atoms with Crippen molar-refractivity contribution in [1.29, 1.82) is 0 Å². The Hall–Kier alpha value is -1.72. The lowest BCUT2D eigenvalue weighted by Crippen LogP contribution is -2.70. The standard InChI is InChI=1S/C11H14N2O4/c1-3-11(4-2)5-7(14)12-9(16)6(11)10(17)13-8(5)15/h5-6H,3-4H2,1-2H3,(H,12,14,16)(H,13,15,17). The molecule has 0 aromatic heterocycles. The number of carbonyl (C=O) groups excluding carboxylic acids is 4. The van der Waals surface area contributed by atoms with Crippen LogP contribution in [-0.2, 0) is 19.2 Å². The summed E-state index contributed by atoms with van der Waals surface area (Å²) in [7, 11) is 0. The molecule has 0 unspecified atom stereocenters. The maximum absolute atomic E-state index is 11.8. The third-order valence-electron chi connectivity index (χ3n) is 4.01. The summed E-state index contributed by atoms with van der Waals surface area (Å²) >= 11 is 0. The molecule has 0 aromatic rings. The van der Waals surface area contributed by atoms with Crippen molar-refractivity contribution in [3.8, 4) is 0 Å². The smallest absolute Gasteiger partial charge is 0.239 e. The maximum atomic E-state index is 11.8. The second kappa shape index (κ2) is 3.65. The van der Waals surface area contributed by atoms with E-state index in [9.17, 15) is 19.2 Å². The summed E-state index contributed by atoms with van der Waals surface area (Å²) in [5.41, 5.74) is -0.862. The highest BCUT2D eigenvalue weighted by Crippen LogP contribution is 2.47. The van der Waals surface area contributed by atoms with E-state index in [-0.39, 0.29) is 0 Å². The van der Waals surface area contributed by atoms with Gasteiger partial charge in [0.2, 0.25) is 23.6 Å². The van der Waals surface area contributed by atoms with Gasteiger partial charge >= 0.3 is 0 Å². The second-order valence-electron chi connectivity index (χ2n) is 4.51. The van der Waals surface area contributed by atoms with Crippen molar-refractivity contribution < 1.29 is 19.2 Å². The molecule has 4 amide bonds. The SMILES string of the molecule is CCC1(CC)C2C(=O)NC(=O)C1C(=O)NC2=O. The first-order valence-electron chi connectivity index (χ1n) is 5.67. The van der Waals surface area contributed by atoms with E-state index in [1.165, 1.54) is 0 Å². The number of hydrogen-bond donors (Lipinski definition) is 2. The average molecular weight is 238 g/mol. The molecule has 2 heterocycles. The van der Waals surface area contributed by atoms with Crippen molar-refractivity contribution in [2.75, 3.05) is 0 Å². The Kier molecular flexibility index (Phi) is 2.52. The monoisotopic (exact) mass is 238 g/mol. The highest BCUT2D eigenvalue weighted by Gasteiger charge is 2.62. The van der Waals surface area contributed by atoms with E-state index >= 15 is 0 Å². The van der Waals surface area contributed by atoms with Gasteiger partial charge < -0.3 is 0 Å². The molecule has 2 aliphatic heterocycles. The highest BCUT2D eigenvalue weighted by molar-refractivity contribution is 6.22. The van der Waals surface area contributed by atoms with Crippen LogP contribution in [0, 0.1) is 17.3 Å². The normalized spacial score (nSPS) is 30.9. The fourth-order valence-corrected chi connectivity index (χ4v) is 3.05. The van der Waals surface area contributed by atoms with Gasteiger partial charge in [-0.2, -0.15) is 0 Å². The molecular weight excluding hydrogens is 224 g/mol. The summed E-state index contributed by atoms with van der Waals surface area (Å²) in [6, 6.07) is 0. The highest BCUT2D eigenvalue weighted by atomic mass is 16.2. The summed E-state index contributed by atoms with van der Waals surface area (Å²) in [6.45, 7) is 3.59. The lowest BCUT2D eigenvalue weighted by atomic mass is 9.58. The predicted molar refractivity (Wildman–Crippen MR) is 56.3 cm³/mol. The molecule has 0 saturated carbocycles. The van der Waals surface area contributed by atoms with Crippen LogP contribution >= 0.6 is 0 Å². The molecule has 0 aliphatic carbocycles. The Balaban J connectivity index is 2.60. The van der Waals surface area contributed by atoms with Crippen molar-refractivity contribution in [2.24, 2.45) is 17.3 Å². The number of carbonyl (C=O) groups is 4. The molecule has 2 fully saturated rings. The molecule has 92 valence electrons. The Morgan fingerprint density at radius 3 is 1.35 bits per heavy atom. The van der Waals surface area contributed by atoms with Crippen molar-refractivity contribution in [1.82, 2.24) is 10.6 Å². The summed E-state index contributed by atoms with van der Waals surface area (Å²) in [4.78, 5) is 47.0. The molecule has 2 N–H and O–H groups in total. The van der Waals surface area contributed by atoms with Crippen LogP contribution in [0.2, 0.25) is 0 Å². The van der Waals surface area contributed by atoms with Crippen LogP contribution in [0.4, 0.5) is 0 Å². The Labute approximate surface area is 98.1 Å². The zero-order valence-corrected chi connectivity index (χ0v) is 9.70. The van der Waals surface area contributed by atoms with Crippen LogP contribution in [0.3, 0.4) is 0 Å². The van der Waals surface area contributed by atoms with Gasteiger partial charge in [0.05, 0.1) is 0 Å². The van der Waals surface area contributed by atoms with Gasteiger partial charge in [-0.25, -0.2) is 0 Å². The molecule has 2 aliphatic rings. The first-order valence-corrected chi connectivity index (χ1v) is 5.67. The summed E-state index contributed by atoms with van der Waals surface area (Å²) in [5, 5.41) is 4.21. The number of amides is 4. The molecule has 2 bridgehead atoms. The number of nitrogens with one attached hydrogen (secondary N) is 2. The fourth-order valence-electron chi connectivity index (χ4n) is 3.05. The number of hydrogen-bond acceptors (Lipinski definition) is 4. The van der Waals surface area contributed by atoms with Gasteiger partial charge in [0.25, 0.3) is 0 Å². The summed E-state index contributed by atoms with van der Waals surface area (Å²) < 4.78 is 0. The molecule has 0 spiro atoms. The molecular formula is C11H14N2O4. The molecule has 6 heteroatoms. The van der Waals surface area contributed by atoms with Gasteiger partial charge in [0, 0.05) is 5.41 Å². The first kappa shape index (κ1) is 11.8. The third-order valence-corrected chi connectivity index (χ3v) is 4.01. The van der Waals surface area contributed by atoms with Crippen LogP contribution < -0.4 is 10.6 Å². The Morgan fingerprint density at radius 1 is 0.824 bits per heavy atom. The lowest BCUT2D eigenvalue weighted by Gasteiger charge is -2.48. The minimum absolute atomic E-state index is 0.442. The molecule has 2 rings (SSSR count). The quantitative estimate of drug-likeness (QED) is 0.493. The van der Waals surface area contributed by atoms with E-state index in [1.54, 1.807) is 13.8 Å². The first-order chi connectivity index (χ1) is 7.97. The lowest BCUT2D eigenvalue weighted by molar-refractivity contribution is -0.167. The van der Waals surface area contributed by atoms with Gasteiger partial charge in [-0.1, -0.05) is 13.8 Å². The molecule has 6 nitrogen and oxygen atoms in total. The van der Waals surface area contributed by atoms with Crippen LogP contribution in [0.15, 0.2) is 0 Å². The fraction of sp³-hybridized carbons (Fsp3) is 0.636. The van der Waals surface area contributed by atoms with E-state index in [1.807, 2.05) is 0 Å². The van der Waals surface area contributed by atoms with E-state index in [2.05, 4.69) is 10.6 Å². The van der Waals surface area contributed by atoms with Crippen LogP contribution in [0.5, 0.6) is 0 Å². The van der Waals surface area contributed by atoms with Gasteiger partial charge in [-0.3, -0.25) is 29.8 Å². The number of piperidine rings is 2. The number of rotatable bonds is 2. The minimum atomic E-state index is -0.946. The van der Waals surface area contributed by atoms with Crippen molar-refractivity contribution in [3.63, 3.8) is 0 Å². The van der Waals surface area contributed by atoms with Crippen molar-refractivity contribution in [3.05, 3.63) is 0 Å². The Bertz CT molecular complexity index is 361. The largest absolute Gasteiger partial charge is 0.295 e. The summed E-state index contributed by atoms with van der Waals surface area (Å²) in [5.74, 6) is -4.28. The van der Waals surface area contributed by atoms with Crippen molar-refractivity contribution in [2.45, 2.75) is 26.7 Å². The average Bonchev–Trinajstić information content (AvgIpc) is 2.26. The van der Waals surface area contributed by atoms with E-state index in [0.717, 1.165) is 0 Å². The number of imide groups is 2. The zero-order valence-electron chi connectivity index (χ0n) is 9.70. The maximum Gasteiger partial charge on any atom is 0.239 e. The van der Waals surface area contributed by atoms with Crippen LogP contribution in [0.25, 0.3) is 0 Å². The van der Waals surface area contributed by atoms with Crippen LogP contribution in [-0.4, -0.2) is 23.6 Å². The zero-order chi connectivity index (χ0) is 12.8.